The Balaban J connectivity index is 2.30. The van der Waals surface area contributed by atoms with E-state index in [2.05, 4.69) is 67.8 Å². The van der Waals surface area contributed by atoms with Crippen LogP contribution < -0.4 is 5.32 Å². The number of aliphatic hydroxyl groups is 7. The molecule has 1 fully saturated rings. The summed E-state index contributed by atoms with van der Waals surface area (Å²) in [5.74, 6) is -0.713. The van der Waals surface area contributed by atoms with E-state index in [-0.39, 0.29) is 12.8 Å². The molecular formula is C59H109NO10. The van der Waals surface area contributed by atoms with Crippen LogP contribution in [0, 0.1) is 0 Å². The van der Waals surface area contributed by atoms with E-state index in [1.165, 1.54) is 161 Å². The Hall–Kier alpha value is -1.93. The van der Waals surface area contributed by atoms with Crippen molar-refractivity contribution in [2.45, 2.75) is 306 Å². The van der Waals surface area contributed by atoms with Gasteiger partial charge in [0.1, 0.15) is 36.6 Å². The maximum absolute atomic E-state index is 13.2. The number of hydrogen-bond acceptors (Lipinski definition) is 10. The maximum atomic E-state index is 13.2. The summed E-state index contributed by atoms with van der Waals surface area (Å²) >= 11 is 0. The van der Waals surface area contributed by atoms with Crippen LogP contribution in [0.3, 0.4) is 0 Å². The van der Waals surface area contributed by atoms with E-state index in [0.717, 1.165) is 44.9 Å². The second-order valence-corrected chi connectivity index (χ2v) is 20.3. The zero-order valence-corrected chi connectivity index (χ0v) is 44.7. The molecule has 9 unspecified atom stereocenters. The van der Waals surface area contributed by atoms with Crippen molar-refractivity contribution < 1.29 is 50.0 Å². The van der Waals surface area contributed by atoms with Crippen LogP contribution in [0.5, 0.6) is 0 Å². The quantitative estimate of drug-likeness (QED) is 0.0215. The molecule has 0 aromatic heterocycles. The number of allylic oxidation sites excluding steroid dienone is 8. The normalized spacial score (nSPS) is 20.6. The minimum absolute atomic E-state index is 0.240. The molecule has 1 aliphatic rings. The fourth-order valence-corrected chi connectivity index (χ4v) is 9.06. The molecule has 1 amide bonds. The van der Waals surface area contributed by atoms with Crippen LogP contribution in [-0.4, -0.2) is 110 Å². The first-order valence-electron chi connectivity index (χ1n) is 29.0. The highest BCUT2D eigenvalue weighted by molar-refractivity contribution is 5.80. The minimum Gasteiger partial charge on any atom is -0.394 e. The predicted octanol–water partition coefficient (Wildman–Crippen LogP) is 12.1. The summed E-state index contributed by atoms with van der Waals surface area (Å²) in [6.45, 7) is 3.42. The largest absolute Gasteiger partial charge is 0.394 e. The van der Waals surface area contributed by atoms with E-state index in [4.69, 9.17) is 9.47 Å². The van der Waals surface area contributed by atoms with Gasteiger partial charge in [0.15, 0.2) is 6.29 Å². The molecule has 70 heavy (non-hydrogen) atoms. The monoisotopic (exact) mass is 992 g/mol. The van der Waals surface area contributed by atoms with E-state index >= 15 is 0 Å². The van der Waals surface area contributed by atoms with Gasteiger partial charge in [0.05, 0.1) is 25.4 Å². The first-order valence-corrected chi connectivity index (χ1v) is 29.0. The third kappa shape index (κ3) is 36.1. The van der Waals surface area contributed by atoms with Crippen LogP contribution in [0.2, 0.25) is 0 Å². The molecule has 8 N–H and O–H groups in total. The molecule has 1 aliphatic heterocycles. The van der Waals surface area contributed by atoms with Crippen LogP contribution in [0.1, 0.15) is 251 Å². The minimum atomic E-state index is -1.67. The fourth-order valence-electron chi connectivity index (χ4n) is 9.06. The summed E-state index contributed by atoms with van der Waals surface area (Å²) in [4.78, 5) is 13.2. The summed E-state index contributed by atoms with van der Waals surface area (Å²) in [6, 6.07) is -1.20. The first kappa shape index (κ1) is 66.1. The van der Waals surface area contributed by atoms with Gasteiger partial charge in [0.25, 0.3) is 0 Å². The smallest absolute Gasteiger partial charge is 0.249 e. The zero-order valence-electron chi connectivity index (χ0n) is 44.7. The van der Waals surface area contributed by atoms with Crippen LogP contribution in [0.25, 0.3) is 0 Å². The van der Waals surface area contributed by atoms with Crippen LogP contribution >= 0.6 is 0 Å². The molecule has 0 spiro atoms. The van der Waals surface area contributed by atoms with Crippen molar-refractivity contribution in [3.05, 3.63) is 48.6 Å². The van der Waals surface area contributed by atoms with Gasteiger partial charge < -0.3 is 50.5 Å². The van der Waals surface area contributed by atoms with Crippen molar-refractivity contribution in [2.75, 3.05) is 13.2 Å². The molecule has 0 aliphatic carbocycles. The first-order chi connectivity index (χ1) is 34.2. The standard InChI is InChI=1S/C59H109NO10/c1-3-5-7-9-11-13-15-17-19-21-22-23-24-25-26-27-28-29-30-31-33-35-37-39-41-43-45-47-52(63)58(68)60-50(49-69-59-57(67)56(66)55(65)53(48-61)70-59)54(64)51(62)46-44-42-40-38-36-34-32-20-18-16-14-12-10-8-6-4-2/h12,14,20,25-26,32,38,40,50-57,59,61-67H,3-11,13,15-19,21-24,27-31,33-37,39,41-49H2,1-2H3,(H,60,68)/b14-12+,26-25-,32-20+,40-38+. The lowest BCUT2D eigenvalue weighted by Crippen LogP contribution is -2.60. The SMILES string of the molecule is CCCCC/C=C/CC/C=C/CC/C=C/CCCC(O)C(O)C(COC1OC(CO)C(O)C(O)C1O)NC(=O)C(O)CCCCCCCCCCCCC/C=C\CCCCCCCCCCCCCC. The number of hydrogen-bond donors (Lipinski definition) is 8. The summed E-state index contributed by atoms with van der Waals surface area (Å²) in [7, 11) is 0. The molecule has 1 heterocycles. The molecule has 0 radical (unpaired) electrons. The Labute approximate surface area is 428 Å². The van der Waals surface area contributed by atoms with Crippen molar-refractivity contribution >= 4 is 5.91 Å². The summed E-state index contributed by atoms with van der Waals surface area (Å²) in [5, 5.41) is 76.0. The molecule has 11 nitrogen and oxygen atoms in total. The van der Waals surface area contributed by atoms with Gasteiger partial charge in [0.2, 0.25) is 5.91 Å². The molecule has 0 bridgehead atoms. The van der Waals surface area contributed by atoms with Gasteiger partial charge in [-0.2, -0.15) is 0 Å². The van der Waals surface area contributed by atoms with Crippen molar-refractivity contribution in [3.63, 3.8) is 0 Å². The van der Waals surface area contributed by atoms with Gasteiger partial charge in [-0.05, 0) is 89.9 Å². The Bertz CT molecular complexity index is 1280. The number of unbranched alkanes of at least 4 members (excludes halogenated alkanes) is 29. The Morgan fingerprint density at radius 1 is 0.486 bits per heavy atom. The summed E-state index contributed by atoms with van der Waals surface area (Å²) in [6.07, 6.45) is 48.9. The Morgan fingerprint density at radius 2 is 0.857 bits per heavy atom. The number of carbonyl (C=O) groups excluding carboxylic acids is 1. The van der Waals surface area contributed by atoms with Gasteiger partial charge in [-0.3, -0.25) is 4.79 Å². The van der Waals surface area contributed by atoms with E-state index in [9.17, 15) is 40.5 Å². The van der Waals surface area contributed by atoms with Crippen molar-refractivity contribution in [1.82, 2.24) is 5.32 Å². The second kappa shape index (κ2) is 48.0. The number of aliphatic hydroxyl groups excluding tert-OH is 7. The van der Waals surface area contributed by atoms with Gasteiger partial charge in [0, 0.05) is 0 Å². The summed E-state index contributed by atoms with van der Waals surface area (Å²) in [5.41, 5.74) is 0. The molecule has 1 saturated heterocycles. The van der Waals surface area contributed by atoms with E-state index in [0.29, 0.717) is 19.3 Å². The van der Waals surface area contributed by atoms with Gasteiger partial charge in [-0.25, -0.2) is 0 Å². The molecule has 11 heteroatoms. The topological polar surface area (TPSA) is 189 Å². The third-order valence-corrected chi connectivity index (χ3v) is 13.8. The molecule has 0 aromatic rings. The number of carbonyl (C=O) groups is 1. The predicted molar refractivity (Wildman–Crippen MR) is 288 cm³/mol. The van der Waals surface area contributed by atoms with Crippen LogP contribution in [0.4, 0.5) is 0 Å². The van der Waals surface area contributed by atoms with E-state index in [1.807, 2.05) is 0 Å². The maximum Gasteiger partial charge on any atom is 0.249 e. The Kier molecular flexibility index (Phi) is 45.3. The highest BCUT2D eigenvalue weighted by Gasteiger charge is 2.44. The molecule has 410 valence electrons. The Morgan fingerprint density at radius 3 is 1.30 bits per heavy atom. The lowest BCUT2D eigenvalue weighted by atomic mass is 9.98. The van der Waals surface area contributed by atoms with Crippen LogP contribution in [0.15, 0.2) is 48.6 Å². The zero-order chi connectivity index (χ0) is 51.1. The molecule has 0 saturated carbocycles. The highest BCUT2D eigenvalue weighted by atomic mass is 16.7. The average Bonchev–Trinajstić information content (AvgIpc) is 3.36. The highest BCUT2D eigenvalue weighted by Crippen LogP contribution is 2.23. The lowest BCUT2D eigenvalue weighted by Gasteiger charge is -2.40. The van der Waals surface area contributed by atoms with E-state index < -0.39 is 74.2 Å². The van der Waals surface area contributed by atoms with Crippen molar-refractivity contribution in [1.29, 1.82) is 0 Å². The van der Waals surface area contributed by atoms with Gasteiger partial charge in [-0.15, -0.1) is 0 Å². The van der Waals surface area contributed by atoms with Gasteiger partial charge in [-0.1, -0.05) is 210 Å². The lowest BCUT2D eigenvalue weighted by molar-refractivity contribution is -0.303. The van der Waals surface area contributed by atoms with E-state index in [1.54, 1.807) is 0 Å². The molecule has 1 rings (SSSR count). The fraction of sp³-hybridized carbons (Fsp3) is 0.847. The van der Waals surface area contributed by atoms with Crippen molar-refractivity contribution in [2.24, 2.45) is 0 Å². The number of ether oxygens (including phenoxy) is 2. The number of rotatable bonds is 49. The molecular weight excluding hydrogens is 883 g/mol. The number of amides is 1. The van der Waals surface area contributed by atoms with Crippen molar-refractivity contribution in [3.8, 4) is 0 Å². The van der Waals surface area contributed by atoms with Gasteiger partial charge >= 0.3 is 0 Å². The summed E-state index contributed by atoms with van der Waals surface area (Å²) < 4.78 is 11.1. The number of nitrogens with one attached hydrogen (secondary N) is 1. The molecule has 9 atom stereocenters. The third-order valence-electron chi connectivity index (χ3n) is 13.8. The second-order valence-electron chi connectivity index (χ2n) is 20.3. The average molecular weight is 993 g/mol. The van der Waals surface area contributed by atoms with Crippen LogP contribution in [-0.2, 0) is 14.3 Å². The molecule has 0 aromatic carbocycles.